The van der Waals surface area contributed by atoms with Gasteiger partial charge in [-0.25, -0.2) is 13.6 Å². The smallest absolute Gasteiger partial charge is 0.238 e. The lowest BCUT2D eigenvalue weighted by Gasteiger charge is -2.10. The van der Waals surface area contributed by atoms with Gasteiger partial charge in [0, 0.05) is 12.2 Å². The van der Waals surface area contributed by atoms with E-state index < -0.39 is 10.0 Å². The molecule has 142 valence electrons. The summed E-state index contributed by atoms with van der Waals surface area (Å²) in [6.45, 7) is 4.77. The van der Waals surface area contributed by atoms with Crippen LogP contribution in [0.15, 0.2) is 58.4 Å². The van der Waals surface area contributed by atoms with Gasteiger partial charge in [0.2, 0.25) is 10.0 Å². The standard InChI is InChI=1S/C18H24N4O2S.HI/c1-13(2)15-4-3-5-16(12-15)22-18(19)21-11-10-14-6-8-17(9-7-14)25(20,23)24;/h3-9,12-13H,10-11H2,1-2H3,(H3,19,21,22)(H2,20,23,24);1H. The lowest BCUT2D eigenvalue weighted by molar-refractivity contribution is 0.598. The molecule has 0 bridgehead atoms. The Morgan fingerprint density at radius 2 is 1.81 bits per heavy atom. The summed E-state index contributed by atoms with van der Waals surface area (Å²) in [5, 5.41) is 8.16. The van der Waals surface area contributed by atoms with E-state index in [0.29, 0.717) is 24.8 Å². The van der Waals surface area contributed by atoms with E-state index in [0.717, 1.165) is 11.3 Å². The van der Waals surface area contributed by atoms with Gasteiger partial charge in [0.05, 0.1) is 4.90 Å². The van der Waals surface area contributed by atoms with Crippen LogP contribution in [0.3, 0.4) is 0 Å². The lowest BCUT2D eigenvalue weighted by atomic mass is 10.0. The molecule has 2 rings (SSSR count). The molecule has 8 heteroatoms. The number of hydrogen-bond acceptors (Lipinski definition) is 3. The fourth-order valence-corrected chi connectivity index (χ4v) is 2.83. The molecule has 0 unspecified atom stereocenters. The third kappa shape index (κ3) is 6.93. The Balaban J connectivity index is 0.00000338. The highest BCUT2D eigenvalue weighted by atomic mass is 127. The first-order chi connectivity index (χ1) is 11.8. The largest absolute Gasteiger partial charge is 0.370 e. The first-order valence-electron chi connectivity index (χ1n) is 8.04. The van der Waals surface area contributed by atoms with E-state index in [9.17, 15) is 8.42 Å². The highest BCUT2D eigenvalue weighted by molar-refractivity contribution is 14.0. The van der Waals surface area contributed by atoms with E-state index in [4.69, 9.17) is 10.9 Å². The van der Waals surface area contributed by atoms with Gasteiger partial charge in [-0.15, -0.1) is 24.0 Å². The molecule has 5 N–H and O–H groups in total. The number of nitrogens with zero attached hydrogens (tertiary/aromatic N) is 1. The van der Waals surface area contributed by atoms with Crippen molar-refractivity contribution in [1.29, 1.82) is 0 Å². The molecule has 0 radical (unpaired) electrons. The van der Waals surface area contributed by atoms with Crippen molar-refractivity contribution in [3.8, 4) is 0 Å². The highest BCUT2D eigenvalue weighted by Crippen LogP contribution is 2.18. The molecule has 26 heavy (non-hydrogen) atoms. The second-order valence-corrected chi connectivity index (χ2v) is 7.67. The van der Waals surface area contributed by atoms with E-state index in [-0.39, 0.29) is 28.9 Å². The Morgan fingerprint density at radius 1 is 1.15 bits per heavy atom. The number of anilines is 1. The topological polar surface area (TPSA) is 111 Å². The molecule has 2 aromatic carbocycles. The number of nitrogens with one attached hydrogen (secondary N) is 1. The van der Waals surface area contributed by atoms with Crippen LogP contribution in [0.1, 0.15) is 30.9 Å². The molecule has 2 aromatic rings. The van der Waals surface area contributed by atoms with Crippen molar-refractivity contribution in [2.24, 2.45) is 15.9 Å². The van der Waals surface area contributed by atoms with Crippen molar-refractivity contribution in [3.63, 3.8) is 0 Å². The Morgan fingerprint density at radius 3 is 2.38 bits per heavy atom. The highest BCUT2D eigenvalue weighted by Gasteiger charge is 2.06. The fraction of sp³-hybridized carbons (Fsp3) is 0.278. The van der Waals surface area contributed by atoms with Crippen molar-refractivity contribution in [2.75, 3.05) is 11.9 Å². The van der Waals surface area contributed by atoms with Crippen LogP contribution >= 0.6 is 24.0 Å². The number of benzene rings is 2. The number of halogens is 1. The van der Waals surface area contributed by atoms with E-state index in [1.165, 1.54) is 17.7 Å². The molecular weight excluding hydrogens is 463 g/mol. The summed E-state index contributed by atoms with van der Waals surface area (Å²) >= 11 is 0. The zero-order valence-corrected chi connectivity index (χ0v) is 18.0. The monoisotopic (exact) mass is 488 g/mol. The Kier molecular flexibility index (Phi) is 8.51. The number of aliphatic imine (C=N–C) groups is 1. The maximum absolute atomic E-state index is 11.2. The van der Waals surface area contributed by atoms with E-state index in [2.05, 4.69) is 36.3 Å². The van der Waals surface area contributed by atoms with E-state index in [1.807, 2.05) is 12.1 Å². The SMILES string of the molecule is CC(C)c1cccc(NC(N)=NCCc2ccc(S(N)(=O)=O)cc2)c1.I. The van der Waals surface area contributed by atoms with Crippen LogP contribution in [-0.2, 0) is 16.4 Å². The van der Waals surface area contributed by atoms with Crippen LogP contribution < -0.4 is 16.2 Å². The minimum atomic E-state index is -3.66. The van der Waals surface area contributed by atoms with Crippen molar-refractivity contribution >= 4 is 45.6 Å². The van der Waals surface area contributed by atoms with Crippen LogP contribution in [-0.4, -0.2) is 20.9 Å². The zero-order chi connectivity index (χ0) is 18.4. The van der Waals surface area contributed by atoms with Crippen LogP contribution in [0.2, 0.25) is 0 Å². The van der Waals surface area contributed by atoms with E-state index >= 15 is 0 Å². The predicted molar refractivity (Wildman–Crippen MR) is 118 cm³/mol. The fourth-order valence-electron chi connectivity index (χ4n) is 2.31. The summed E-state index contributed by atoms with van der Waals surface area (Å²) in [6.07, 6.45) is 0.652. The van der Waals surface area contributed by atoms with Crippen LogP contribution in [0.4, 0.5) is 5.69 Å². The zero-order valence-electron chi connectivity index (χ0n) is 14.8. The number of guanidine groups is 1. The number of hydrogen-bond donors (Lipinski definition) is 3. The van der Waals surface area contributed by atoms with Crippen LogP contribution in [0.5, 0.6) is 0 Å². The second kappa shape index (κ2) is 9.89. The van der Waals surface area contributed by atoms with Gasteiger partial charge in [0.15, 0.2) is 5.96 Å². The molecule has 0 heterocycles. The van der Waals surface area contributed by atoms with Crippen LogP contribution in [0, 0.1) is 0 Å². The Labute approximate surface area is 172 Å². The number of sulfonamides is 1. The summed E-state index contributed by atoms with van der Waals surface area (Å²) in [5.41, 5.74) is 9.02. The maximum atomic E-state index is 11.2. The first kappa shape index (κ1) is 22.4. The molecule has 0 saturated carbocycles. The van der Waals surface area contributed by atoms with Gasteiger partial charge in [-0.2, -0.15) is 0 Å². The molecule has 0 aliphatic carbocycles. The molecule has 6 nitrogen and oxygen atoms in total. The van der Waals surface area contributed by atoms with Gasteiger partial charge in [-0.1, -0.05) is 38.1 Å². The Hall–Kier alpha value is -1.65. The average Bonchev–Trinajstić information content (AvgIpc) is 2.54. The van der Waals surface area contributed by atoms with Crippen molar-refractivity contribution < 1.29 is 8.42 Å². The predicted octanol–water partition coefficient (Wildman–Crippen LogP) is 3.04. The summed E-state index contributed by atoms with van der Waals surface area (Å²) < 4.78 is 22.4. The van der Waals surface area contributed by atoms with Crippen molar-refractivity contribution in [1.82, 2.24) is 0 Å². The summed E-state index contributed by atoms with van der Waals surface area (Å²) in [6, 6.07) is 14.5. The molecule has 0 spiro atoms. The molecule has 0 aliphatic heterocycles. The van der Waals surface area contributed by atoms with Gasteiger partial charge < -0.3 is 11.1 Å². The number of primary sulfonamides is 1. The summed E-state index contributed by atoms with van der Waals surface area (Å²) in [7, 11) is -3.66. The van der Waals surface area contributed by atoms with Crippen LogP contribution in [0.25, 0.3) is 0 Å². The minimum absolute atomic E-state index is 0. The molecular formula is C18H25IN4O2S. The van der Waals surface area contributed by atoms with Gasteiger partial charge in [0.25, 0.3) is 0 Å². The van der Waals surface area contributed by atoms with E-state index in [1.54, 1.807) is 12.1 Å². The quantitative estimate of drug-likeness (QED) is 0.330. The lowest BCUT2D eigenvalue weighted by Crippen LogP contribution is -2.23. The molecule has 0 fully saturated rings. The number of nitrogens with two attached hydrogens (primary N) is 2. The maximum Gasteiger partial charge on any atom is 0.238 e. The average molecular weight is 488 g/mol. The van der Waals surface area contributed by atoms with Gasteiger partial charge in [-0.3, -0.25) is 4.99 Å². The van der Waals surface area contributed by atoms with Crippen molar-refractivity contribution in [3.05, 3.63) is 59.7 Å². The molecule has 0 atom stereocenters. The van der Waals surface area contributed by atoms with Gasteiger partial charge in [-0.05, 0) is 47.7 Å². The minimum Gasteiger partial charge on any atom is -0.370 e. The molecule has 0 aliphatic rings. The van der Waals surface area contributed by atoms with Gasteiger partial charge in [0.1, 0.15) is 0 Å². The van der Waals surface area contributed by atoms with Crippen molar-refractivity contribution in [2.45, 2.75) is 31.1 Å². The molecule has 0 amide bonds. The molecule has 0 aromatic heterocycles. The summed E-state index contributed by atoms with van der Waals surface area (Å²) in [5.74, 6) is 0.794. The number of rotatable bonds is 6. The first-order valence-corrected chi connectivity index (χ1v) is 9.59. The third-order valence-corrected chi connectivity index (χ3v) is 4.69. The Bertz CT molecular complexity index is 850. The molecule has 0 saturated heterocycles. The van der Waals surface area contributed by atoms with Gasteiger partial charge >= 0.3 is 0 Å². The normalized spacial score (nSPS) is 11.9. The summed E-state index contributed by atoms with van der Waals surface area (Å²) in [4.78, 5) is 4.40. The third-order valence-electron chi connectivity index (χ3n) is 3.76. The second-order valence-electron chi connectivity index (χ2n) is 6.11.